The molecule has 0 radical (unpaired) electrons. The first kappa shape index (κ1) is 12.1. The molecule has 17 heavy (non-hydrogen) atoms. The van der Waals surface area contributed by atoms with Gasteiger partial charge in [-0.05, 0) is 26.8 Å². The number of piperidine rings is 1. The number of aryl methyl sites for hydroxylation is 1. The van der Waals surface area contributed by atoms with Crippen molar-refractivity contribution in [3.63, 3.8) is 0 Å². The molecule has 2 rings (SSSR count). The molecule has 1 saturated heterocycles. The second-order valence-corrected chi connectivity index (χ2v) is 5.21. The standard InChI is InChI=1S/C12H20N4O/c1-12(4-6-15(2)7-5-12)14-11(17)10-8-13-9-16(10)3/h8-9H,4-7H2,1-3H3,(H,14,17). The topological polar surface area (TPSA) is 50.2 Å². The lowest BCUT2D eigenvalue weighted by molar-refractivity contribution is 0.0843. The molecule has 0 aromatic carbocycles. The Kier molecular flexibility index (Phi) is 3.19. The van der Waals surface area contributed by atoms with Gasteiger partial charge in [0.05, 0.1) is 12.5 Å². The first-order valence-corrected chi connectivity index (χ1v) is 5.97. The summed E-state index contributed by atoms with van der Waals surface area (Å²) < 4.78 is 1.74. The van der Waals surface area contributed by atoms with Crippen molar-refractivity contribution >= 4 is 5.91 Å². The van der Waals surface area contributed by atoms with Crippen molar-refractivity contribution in [2.45, 2.75) is 25.3 Å². The quantitative estimate of drug-likeness (QED) is 0.819. The molecule has 1 N–H and O–H groups in total. The summed E-state index contributed by atoms with van der Waals surface area (Å²) in [7, 11) is 3.95. The summed E-state index contributed by atoms with van der Waals surface area (Å²) in [6.07, 6.45) is 5.24. The minimum atomic E-state index is -0.0894. The van der Waals surface area contributed by atoms with E-state index in [0.29, 0.717) is 5.69 Å². The van der Waals surface area contributed by atoms with Crippen LogP contribution in [-0.2, 0) is 7.05 Å². The zero-order chi connectivity index (χ0) is 12.5. The van der Waals surface area contributed by atoms with Gasteiger partial charge < -0.3 is 14.8 Å². The van der Waals surface area contributed by atoms with E-state index in [1.807, 2.05) is 7.05 Å². The van der Waals surface area contributed by atoms with E-state index in [4.69, 9.17) is 0 Å². The fourth-order valence-electron chi connectivity index (χ4n) is 2.15. The van der Waals surface area contributed by atoms with Crippen LogP contribution < -0.4 is 5.32 Å². The summed E-state index contributed by atoms with van der Waals surface area (Å²) in [5, 5.41) is 3.13. The third-order valence-electron chi connectivity index (χ3n) is 3.56. The molecule has 0 saturated carbocycles. The van der Waals surface area contributed by atoms with Crippen LogP contribution in [0.4, 0.5) is 0 Å². The molecule has 5 nitrogen and oxygen atoms in total. The van der Waals surface area contributed by atoms with Gasteiger partial charge in [0.15, 0.2) is 0 Å². The van der Waals surface area contributed by atoms with Crippen molar-refractivity contribution in [1.82, 2.24) is 19.8 Å². The monoisotopic (exact) mass is 236 g/mol. The molecule has 1 aromatic heterocycles. The van der Waals surface area contributed by atoms with Crippen LogP contribution in [0.5, 0.6) is 0 Å². The number of hydrogen-bond donors (Lipinski definition) is 1. The molecule has 1 aromatic rings. The van der Waals surface area contributed by atoms with Crippen molar-refractivity contribution in [3.8, 4) is 0 Å². The van der Waals surface area contributed by atoms with Crippen LogP contribution in [0.15, 0.2) is 12.5 Å². The number of carbonyl (C=O) groups excluding carboxylic acids is 1. The molecule has 0 bridgehead atoms. The van der Waals surface area contributed by atoms with Crippen LogP contribution in [0, 0.1) is 0 Å². The van der Waals surface area contributed by atoms with Crippen molar-refractivity contribution < 1.29 is 4.79 Å². The molecular formula is C12H20N4O. The Balaban J connectivity index is 2.01. The van der Waals surface area contributed by atoms with Crippen LogP contribution in [0.2, 0.25) is 0 Å². The van der Waals surface area contributed by atoms with Gasteiger partial charge in [0, 0.05) is 25.7 Å². The molecule has 0 atom stereocenters. The maximum atomic E-state index is 12.1. The van der Waals surface area contributed by atoms with Gasteiger partial charge in [0.1, 0.15) is 5.69 Å². The van der Waals surface area contributed by atoms with Crippen LogP contribution >= 0.6 is 0 Å². The maximum absolute atomic E-state index is 12.1. The fourth-order valence-corrected chi connectivity index (χ4v) is 2.15. The normalized spacial score (nSPS) is 20.2. The second kappa shape index (κ2) is 4.49. The SMILES string of the molecule is CN1CCC(C)(NC(=O)c2cncn2C)CC1. The van der Waals surface area contributed by atoms with Gasteiger partial charge in [-0.3, -0.25) is 4.79 Å². The Bertz CT molecular complexity index is 404. The van der Waals surface area contributed by atoms with Gasteiger partial charge in [-0.1, -0.05) is 0 Å². The number of aromatic nitrogens is 2. The third-order valence-corrected chi connectivity index (χ3v) is 3.56. The zero-order valence-corrected chi connectivity index (χ0v) is 10.7. The van der Waals surface area contributed by atoms with Crippen molar-refractivity contribution in [2.24, 2.45) is 7.05 Å². The Labute approximate surface area is 102 Å². The van der Waals surface area contributed by atoms with Gasteiger partial charge in [-0.15, -0.1) is 0 Å². The van der Waals surface area contributed by atoms with E-state index >= 15 is 0 Å². The summed E-state index contributed by atoms with van der Waals surface area (Å²) in [5.41, 5.74) is 0.526. The number of amides is 1. The molecular weight excluding hydrogens is 216 g/mol. The van der Waals surface area contributed by atoms with Gasteiger partial charge >= 0.3 is 0 Å². The van der Waals surface area contributed by atoms with Crippen molar-refractivity contribution in [2.75, 3.05) is 20.1 Å². The Hall–Kier alpha value is -1.36. The third kappa shape index (κ3) is 2.66. The van der Waals surface area contributed by atoms with Crippen LogP contribution in [0.1, 0.15) is 30.3 Å². The van der Waals surface area contributed by atoms with Crippen LogP contribution in [0.25, 0.3) is 0 Å². The number of imidazole rings is 1. The lowest BCUT2D eigenvalue weighted by atomic mass is 9.89. The zero-order valence-electron chi connectivity index (χ0n) is 10.7. The maximum Gasteiger partial charge on any atom is 0.269 e. The van der Waals surface area contributed by atoms with E-state index in [-0.39, 0.29) is 11.4 Å². The van der Waals surface area contributed by atoms with E-state index in [1.54, 1.807) is 17.1 Å². The molecule has 0 aliphatic carbocycles. The van der Waals surface area contributed by atoms with Gasteiger partial charge in [-0.2, -0.15) is 0 Å². The molecule has 1 aliphatic heterocycles. The highest BCUT2D eigenvalue weighted by Gasteiger charge is 2.31. The lowest BCUT2D eigenvalue weighted by Crippen LogP contribution is -2.52. The summed E-state index contributed by atoms with van der Waals surface area (Å²) >= 11 is 0. The molecule has 94 valence electrons. The van der Waals surface area contributed by atoms with E-state index in [1.165, 1.54) is 0 Å². The first-order chi connectivity index (χ1) is 8.00. The Morgan fingerprint density at radius 3 is 2.59 bits per heavy atom. The summed E-state index contributed by atoms with van der Waals surface area (Å²) in [4.78, 5) is 18.4. The van der Waals surface area contributed by atoms with Crippen LogP contribution in [0.3, 0.4) is 0 Å². The minimum absolute atomic E-state index is 0.0305. The predicted octanol–water partition coefficient (Wildman–Crippen LogP) is 0.634. The van der Waals surface area contributed by atoms with E-state index < -0.39 is 0 Å². The number of nitrogens with one attached hydrogen (secondary N) is 1. The first-order valence-electron chi connectivity index (χ1n) is 5.97. The molecule has 0 spiro atoms. The highest BCUT2D eigenvalue weighted by atomic mass is 16.2. The van der Waals surface area contributed by atoms with Crippen LogP contribution in [-0.4, -0.2) is 46.0 Å². The van der Waals surface area contributed by atoms with Crippen molar-refractivity contribution in [3.05, 3.63) is 18.2 Å². The number of hydrogen-bond acceptors (Lipinski definition) is 3. The predicted molar refractivity (Wildman–Crippen MR) is 65.8 cm³/mol. The van der Waals surface area contributed by atoms with Crippen molar-refractivity contribution in [1.29, 1.82) is 0 Å². The molecule has 1 fully saturated rings. The molecule has 0 unspecified atom stereocenters. The average molecular weight is 236 g/mol. The van der Waals surface area contributed by atoms with E-state index in [0.717, 1.165) is 25.9 Å². The second-order valence-electron chi connectivity index (χ2n) is 5.21. The molecule has 1 amide bonds. The molecule has 5 heteroatoms. The molecule has 2 heterocycles. The fraction of sp³-hybridized carbons (Fsp3) is 0.667. The summed E-state index contributed by atoms with van der Waals surface area (Å²) in [6.45, 7) is 4.18. The average Bonchev–Trinajstić information content (AvgIpc) is 2.69. The Morgan fingerprint density at radius 2 is 2.06 bits per heavy atom. The minimum Gasteiger partial charge on any atom is -0.345 e. The van der Waals surface area contributed by atoms with Gasteiger partial charge in [0.25, 0.3) is 5.91 Å². The smallest absolute Gasteiger partial charge is 0.269 e. The number of rotatable bonds is 2. The largest absolute Gasteiger partial charge is 0.345 e. The highest BCUT2D eigenvalue weighted by molar-refractivity contribution is 5.92. The molecule has 1 aliphatic rings. The number of likely N-dealkylation sites (tertiary alicyclic amines) is 1. The number of nitrogens with zero attached hydrogens (tertiary/aromatic N) is 3. The van der Waals surface area contributed by atoms with E-state index in [2.05, 4.69) is 29.2 Å². The van der Waals surface area contributed by atoms with Gasteiger partial charge in [0.2, 0.25) is 0 Å². The Morgan fingerprint density at radius 1 is 1.41 bits per heavy atom. The number of carbonyl (C=O) groups is 1. The summed E-state index contributed by atoms with van der Waals surface area (Å²) in [5.74, 6) is -0.0305. The van der Waals surface area contributed by atoms with E-state index in [9.17, 15) is 4.79 Å². The lowest BCUT2D eigenvalue weighted by Gasteiger charge is -2.38. The summed E-state index contributed by atoms with van der Waals surface area (Å²) in [6, 6.07) is 0. The van der Waals surface area contributed by atoms with Gasteiger partial charge in [-0.25, -0.2) is 4.98 Å². The highest BCUT2D eigenvalue weighted by Crippen LogP contribution is 2.21.